The molecule has 2 N–H and O–H groups in total. The molecule has 0 radical (unpaired) electrons. The van der Waals surface area contributed by atoms with Crippen molar-refractivity contribution in [1.29, 1.82) is 0 Å². The lowest BCUT2D eigenvalue weighted by atomic mass is 9.87. The zero-order chi connectivity index (χ0) is 7.49. The fourth-order valence-electron chi connectivity index (χ4n) is 0.889. The second-order valence-electron chi connectivity index (χ2n) is 3.50. The molecule has 0 saturated heterocycles. The van der Waals surface area contributed by atoms with Crippen LogP contribution in [0, 0.1) is 5.41 Å². The van der Waals surface area contributed by atoms with Crippen LogP contribution in [0.25, 0.3) is 0 Å². The second kappa shape index (κ2) is 3.02. The number of allylic oxidation sites excluding steroid dienone is 1. The molecule has 0 bridgehead atoms. The van der Waals surface area contributed by atoms with E-state index in [-0.39, 0.29) is 5.41 Å². The Morgan fingerprint density at radius 1 is 1.56 bits per heavy atom. The van der Waals surface area contributed by atoms with E-state index in [0.717, 1.165) is 13.0 Å². The fourth-order valence-corrected chi connectivity index (χ4v) is 0.889. The van der Waals surface area contributed by atoms with Crippen LogP contribution >= 0.6 is 0 Å². The highest BCUT2D eigenvalue weighted by molar-refractivity contribution is 4.93. The van der Waals surface area contributed by atoms with Crippen molar-refractivity contribution >= 4 is 0 Å². The molecule has 0 saturated carbocycles. The molecule has 0 aromatic rings. The summed E-state index contributed by atoms with van der Waals surface area (Å²) in [5.41, 5.74) is 6.97. The van der Waals surface area contributed by atoms with Crippen LogP contribution in [0.3, 0.4) is 0 Å². The Labute approximate surface area is 57.9 Å². The van der Waals surface area contributed by atoms with Crippen molar-refractivity contribution in [1.82, 2.24) is 0 Å². The molecule has 1 heteroatoms. The summed E-state index contributed by atoms with van der Waals surface area (Å²) in [6, 6.07) is 0. The van der Waals surface area contributed by atoms with E-state index in [4.69, 9.17) is 5.73 Å². The van der Waals surface area contributed by atoms with Crippen LogP contribution in [0.4, 0.5) is 0 Å². The van der Waals surface area contributed by atoms with E-state index in [0.29, 0.717) is 0 Å². The highest BCUT2D eigenvalue weighted by Crippen LogP contribution is 2.21. The maximum Gasteiger partial charge on any atom is -0.00228 e. The third kappa shape index (κ3) is 4.22. The molecule has 0 aromatic heterocycles. The van der Waals surface area contributed by atoms with E-state index in [1.54, 1.807) is 0 Å². The van der Waals surface area contributed by atoms with Gasteiger partial charge >= 0.3 is 0 Å². The minimum Gasteiger partial charge on any atom is -0.330 e. The van der Waals surface area contributed by atoms with Crippen molar-refractivity contribution < 1.29 is 0 Å². The largest absolute Gasteiger partial charge is 0.330 e. The Hall–Kier alpha value is -0.300. The van der Waals surface area contributed by atoms with E-state index in [9.17, 15) is 0 Å². The van der Waals surface area contributed by atoms with Crippen LogP contribution in [0.2, 0.25) is 0 Å². The molecule has 54 valence electrons. The monoisotopic (exact) mass is 127 g/mol. The number of rotatable bonds is 3. The lowest BCUT2D eigenvalue weighted by Gasteiger charge is -2.21. The summed E-state index contributed by atoms with van der Waals surface area (Å²) in [7, 11) is 0. The first-order chi connectivity index (χ1) is 3.98. The van der Waals surface area contributed by atoms with Gasteiger partial charge in [0, 0.05) is 0 Å². The molecule has 0 fully saturated rings. The predicted octanol–water partition coefficient (Wildman–Crippen LogP) is 1.94. The van der Waals surface area contributed by atoms with Gasteiger partial charge in [0.2, 0.25) is 0 Å². The maximum absolute atomic E-state index is 5.51. The van der Waals surface area contributed by atoms with Gasteiger partial charge in [0.1, 0.15) is 0 Å². The van der Waals surface area contributed by atoms with Gasteiger partial charge in [0.15, 0.2) is 0 Å². The molecule has 0 unspecified atom stereocenters. The Balaban J connectivity index is 3.71. The van der Waals surface area contributed by atoms with E-state index in [2.05, 4.69) is 20.4 Å². The molecule has 0 spiro atoms. The fraction of sp³-hybridized carbons (Fsp3) is 0.750. The van der Waals surface area contributed by atoms with Crippen LogP contribution < -0.4 is 5.73 Å². The Morgan fingerprint density at radius 3 is 2.11 bits per heavy atom. The molecule has 0 rings (SSSR count). The summed E-state index contributed by atoms with van der Waals surface area (Å²) < 4.78 is 0. The van der Waals surface area contributed by atoms with Gasteiger partial charge in [-0.3, -0.25) is 0 Å². The van der Waals surface area contributed by atoms with Gasteiger partial charge in [-0.1, -0.05) is 19.4 Å². The molecule has 0 atom stereocenters. The van der Waals surface area contributed by atoms with Crippen LogP contribution in [-0.4, -0.2) is 6.54 Å². The molecule has 0 aliphatic carbocycles. The SMILES string of the molecule is C=C(C)CC(C)(C)CN. The van der Waals surface area contributed by atoms with Crippen LogP contribution in [0.1, 0.15) is 27.2 Å². The van der Waals surface area contributed by atoms with Crippen molar-refractivity contribution in [2.45, 2.75) is 27.2 Å². The van der Waals surface area contributed by atoms with E-state index >= 15 is 0 Å². The van der Waals surface area contributed by atoms with Crippen molar-refractivity contribution in [3.8, 4) is 0 Å². The first kappa shape index (κ1) is 8.70. The third-order valence-corrected chi connectivity index (χ3v) is 1.33. The Morgan fingerprint density at radius 2 is 2.00 bits per heavy atom. The van der Waals surface area contributed by atoms with Crippen molar-refractivity contribution in [2.24, 2.45) is 11.1 Å². The van der Waals surface area contributed by atoms with E-state index in [1.807, 2.05) is 6.92 Å². The molecule has 0 amide bonds. The molecular weight excluding hydrogens is 110 g/mol. The van der Waals surface area contributed by atoms with Gasteiger partial charge in [-0.05, 0) is 25.3 Å². The molecular formula is C8H17N. The average molecular weight is 127 g/mol. The Bertz CT molecular complexity index is 103. The molecule has 9 heavy (non-hydrogen) atoms. The lowest BCUT2D eigenvalue weighted by Crippen LogP contribution is -2.23. The summed E-state index contributed by atoms with van der Waals surface area (Å²) in [5, 5.41) is 0. The zero-order valence-electron chi connectivity index (χ0n) is 6.70. The first-order valence-corrected chi connectivity index (χ1v) is 3.32. The number of hydrogen-bond donors (Lipinski definition) is 1. The first-order valence-electron chi connectivity index (χ1n) is 3.32. The van der Waals surface area contributed by atoms with Gasteiger partial charge in [-0.2, -0.15) is 0 Å². The summed E-state index contributed by atoms with van der Waals surface area (Å²) >= 11 is 0. The predicted molar refractivity (Wildman–Crippen MR) is 42.3 cm³/mol. The standard InChI is InChI=1S/C8H17N/c1-7(2)5-8(3,4)6-9/h1,5-6,9H2,2-4H3. The average Bonchev–Trinajstić information content (AvgIpc) is 1.63. The quantitative estimate of drug-likeness (QED) is 0.576. The normalized spacial score (nSPS) is 11.6. The molecule has 0 heterocycles. The third-order valence-electron chi connectivity index (χ3n) is 1.33. The van der Waals surface area contributed by atoms with Gasteiger partial charge in [-0.25, -0.2) is 0 Å². The summed E-state index contributed by atoms with van der Waals surface area (Å²) in [5.74, 6) is 0. The topological polar surface area (TPSA) is 26.0 Å². The smallest absolute Gasteiger partial charge is 0.00228 e. The molecule has 1 nitrogen and oxygen atoms in total. The van der Waals surface area contributed by atoms with Crippen LogP contribution in [0.5, 0.6) is 0 Å². The van der Waals surface area contributed by atoms with Crippen LogP contribution in [0.15, 0.2) is 12.2 Å². The minimum absolute atomic E-state index is 0.242. The second-order valence-corrected chi connectivity index (χ2v) is 3.50. The van der Waals surface area contributed by atoms with Crippen molar-refractivity contribution in [2.75, 3.05) is 6.54 Å². The Kier molecular flexibility index (Phi) is 2.92. The lowest BCUT2D eigenvalue weighted by molar-refractivity contribution is 0.376. The van der Waals surface area contributed by atoms with Crippen LogP contribution in [-0.2, 0) is 0 Å². The molecule has 0 aromatic carbocycles. The zero-order valence-corrected chi connectivity index (χ0v) is 6.70. The molecule has 0 aliphatic rings. The maximum atomic E-state index is 5.51. The highest BCUT2D eigenvalue weighted by atomic mass is 14.6. The number of nitrogens with two attached hydrogens (primary N) is 1. The minimum atomic E-state index is 0.242. The van der Waals surface area contributed by atoms with E-state index < -0.39 is 0 Å². The number of hydrogen-bond acceptors (Lipinski definition) is 1. The van der Waals surface area contributed by atoms with Crippen molar-refractivity contribution in [3.63, 3.8) is 0 Å². The summed E-state index contributed by atoms with van der Waals surface area (Å²) in [6.07, 6.45) is 1.03. The van der Waals surface area contributed by atoms with Gasteiger partial charge < -0.3 is 5.73 Å². The summed E-state index contributed by atoms with van der Waals surface area (Å²) in [6.45, 7) is 10.9. The van der Waals surface area contributed by atoms with Gasteiger partial charge in [0.25, 0.3) is 0 Å². The summed E-state index contributed by atoms with van der Waals surface area (Å²) in [4.78, 5) is 0. The van der Waals surface area contributed by atoms with Gasteiger partial charge in [0.05, 0.1) is 0 Å². The van der Waals surface area contributed by atoms with Gasteiger partial charge in [-0.15, -0.1) is 6.58 Å². The van der Waals surface area contributed by atoms with E-state index in [1.165, 1.54) is 5.57 Å². The highest BCUT2D eigenvalue weighted by Gasteiger charge is 2.14. The van der Waals surface area contributed by atoms with Crippen molar-refractivity contribution in [3.05, 3.63) is 12.2 Å². The molecule has 0 aliphatic heterocycles.